The van der Waals surface area contributed by atoms with Crippen LogP contribution in [0.15, 0.2) is 60.7 Å². The number of amides is 2. The molecule has 2 aliphatic rings. The summed E-state index contributed by atoms with van der Waals surface area (Å²) in [4.78, 5) is 19.7. The van der Waals surface area contributed by atoms with Crippen LogP contribution >= 0.6 is 0 Å². The summed E-state index contributed by atoms with van der Waals surface area (Å²) in [6.07, 6.45) is 3.55. The number of carbonyl (C=O) groups is 1. The molecule has 1 N–H and O–H groups in total. The van der Waals surface area contributed by atoms with Crippen molar-refractivity contribution in [3.8, 4) is 0 Å². The summed E-state index contributed by atoms with van der Waals surface area (Å²) in [5.41, 5.74) is 2.64. The van der Waals surface area contributed by atoms with Gasteiger partial charge < -0.3 is 15.1 Å². The molecule has 2 heterocycles. The van der Waals surface area contributed by atoms with Gasteiger partial charge >= 0.3 is 6.03 Å². The van der Waals surface area contributed by atoms with Crippen LogP contribution in [-0.2, 0) is 6.54 Å². The molecule has 5 nitrogen and oxygen atoms in total. The minimum atomic E-state index is 0.0988. The number of nitrogens with one attached hydrogen (secondary N) is 1. The van der Waals surface area contributed by atoms with Gasteiger partial charge in [0.25, 0.3) is 0 Å². The molecule has 0 spiro atoms. The van der Waals surface area contributed by atoms with E-state index in [1.54, 1.807) is 0 Å². The summed E-state index contributed by atoms with van der Waals surface area (Å²) in [7, 11) is 0. The highest BCUT2D eigenvalue weighted by Gasteiger charge is 2.27. The minimum absolute atomic E-state index is 0.0988. The van der Waals surface area contributed by atoms with Crippen molar-refractivity contribution in [1.82, 2.24) is 15.1 Å². The van der Waals surface area contributed by atoms with Crippen LogP contribution in [0.4, 0.5) is 10.5 Å². The van der Waals surface area contributed by atoms with Gasteiger partial charge in [-0.05, 0) is 62.9 Å². The normalized spacial score (nSPS) is 20.6. The van der Waals surface area contributed by atoms with Crippen molar-refractivity contribution < 1.29 is 4.79 Å². The number of carbonyl (C=O) groups excluding carboxylic acids is 1. The molecule has 2 fully saturated rings. The number of para-hydroxylation sites is 1. The number of hydrogen-bond acceptors (Lipinski definition) is 3. The molecule has 0 radical (unpaired) electrons. The van der Waals surface area contributed by atoms with E-state index < -0.39 is 0 Å². The Bertz CT molecular complexity index is 805. The van der Waals surface area contributed by atoms with Gasteiger partial charge in [0.2, 0.25) is 0 Å². The van der Waals surface area contributed by atoms with Crippen molar-refractivity contribution in [3.05, 3.63) is 66.2 Å². The molecule has 2 aliphatic heterocycles. The van der Waals surface area contributed by atoms with E-state index >= 15 is 0 Å². The van der Waals surface area contributed by atoms with Crippen molar-refractivity contribution in [2.24, 2.45) is 5.92 Å². The Morgan fingerprint density at radius 2 is 1.61 bits per heavy atom. The number of piperidine rings is 1. The van der Waals surface area contributed by atoms with Gasteiger partial charge in [-0.1, -0.05) is 48.5 Å². The van der Waals surface area contributed by atoms with Crippen LogP contribution < -0.4 is 10.2 Å². The largest absolute Gasteiger partial charge is 0.368 e. The molecule has 2 saturated heterocycles. The Morgan fingerprint density at radius 3 is 2.29 bits per heavy atom. The number of benzene rings is 2. The van der Waals surface area contributed by atoms with Gasteiger partial charge in [0.05, 0.1) is 0 Å². The molecular formula is C26H36N4O. The first kappa shape index (κ1) is 21.7. The second kappa shape index (κ2) is 10.7. The van der Waals surface area contributed by atoms with E-state index in [1.807, 2.05) is 11.0 Å². The first-order valence-corrected chi connectivity index (χ1v) is 11.8. The predicted molar refractivity (Wildman–Crippen MR) is 127 cm³/mol. The van der Waals surface area contributed by atoms with E-state index in [1.165, 1.54) is 24.1 Å². The second-order valence-corrected chi connectivity index (χ2v) is 9.05. The molecule has 0 bridgehead atoms. The molecule has 2 aromatic rings. The molecule has 166 valence electrons. The van der Waals surface area contributed by atoms with E-state index in [0.29, 0.717) is 0 Å². The first-order valence-electron chi connectivity index (χ1n) is 11.8. The number of rotatable bonds is 6. The van der Waals surface area contributed by atoms with Crippen LogP contribution in [0.2, 0.25) is 0 Å². The number of urea groups is 1. The van der Waals surface area contributed by atoms with Crippen molar-refractivity contribution in [2.45, 2.75) is 38.8 Å². The summed E-state index contributed by atoms with van der Waals surface area (Å²) >= 11 is 0. The van der Waals surface area contributed by atoms with Crippen LogP contribution in [0.5, 0.6) is 0 Å². The third kappa shape index (κ3) is 6.01. The maximum atomic E-state index is 12.7. The number of piperazine rings is 1. The zero-order chi connectivity index (χ0) is 21.5. The Labute approximate surface area is 187 Å². The van der Waals surface area contributed by atoms with Crippen molar-refractivity contribution in [1.29, 1.82) is 0 Å². The quantitative estimate of drug-likeness (QED) is 0.761. The van der Waals surface area contributed by atoms with E-state index in [-0.39, 0.29) is 12.1 Å². The summed E-state index contributed by atoms with van der Waals surface area (Å²) in [5.74, 6) is 0.722. The van der Waals surface area contributed by atoms with Gasteiger partial charge in [0.1, 0.15) is 0 Å². The lowest BCUT2D eigenvalue weighted by Crippen LogP contribution is -2.56. The Kier molecular flexibility index (Phi) is 7.47. The third-order valence-electron chi connectivity index (χ3n) is 6.79. The van der Waals surface area contributed by atoms with E-state index in [9.17, 15) is 4.79 Å². The second-order valence-electron chi connectivity index (χ2n) is 9.05. The summed E-state index contributed by atoms with van der Waals surface area (Å²) < 4.78 is 0. The molecule has 2 aromatic carbocycles. The monoisotopic (exact) mass is 420 g/mol. The molecule has 0 aliphatic carbocycles. The number of anilines is 1. The lowest BCUT2D eigenvalue weighted by Gasteiger charge is -2.41. The fraction of sp³-hybridized carbons (Fsp3) is 0.500. The summed E-state index contributed by atoms with van der Waals surface area (Å²) in [6, 6.07) is 21.5. The lowest BCUT2D eigenvalue weighted by atomic mass is 9.93. The molecule has 31 heavy (non-hydrogen) atoms. The maximum absolute atomic E-state index is 12.7. The molecule has 0 aromatic heterocycles. The van der Waals surface area contributed by atoms with Crippen LogP contribution in [0.1, 0.15) is 31.7 Å². The SMILES string of the molecule is C[C@@H]1CN(c2ccccc2)CCN1C(=O)NCCC1CCN(Cc2ccccc2)CC1. The van der Waals surface area contributed by atoms with Crippen molar-refractivity contribution >= 4 is 11.7 Å². The topological polar surface area (TPSA) is 38.8 Å². The molecule has 0 unspecified atom stereocenters. The highest BCUT2D eigenvalue weighted by Crippen LogP contribution is 2.22. The molecule has 1 atom stereocenters. The van der Waals surface area contributed by atoms with Crippen LogP contribution in [-0.4, -0.2) is 61.1 Å². The Balaban J connectivity index is 1.14. The van der Waals surface area contributed by atoms with Gasteiger partial charge in [-0.2, -0.15) is 0 Å². The van der Waals surface area contributed by atoms with E-state index in [2.05, 4.69) is 76.6 Å². The number of nitrogens with zero attached hydrogens (tertiary/aromatic N) is 3. The van der Waals surface area contributed by atoms with Gasteiger partial charge in [-0.25, -0.2) is 4.79 Å². The average Bonchev–Trinajstić information content (AvgIpc) is 2.81. The molecule has 4 rings (SSSR count). The standard InChI is InChI=1S/C26H36N4O/c1-22-20-29(25-10-6-3-7-11-25)18-19-30(22)26(31)27-15-12-23-13-16-28(17-14-23)21-24-8-4-2-5-9-24/h2-11,22-23H,12-21H2,1H3,(H,27,31)/t22-/m1/s1. The molecule has 2 amide bonds. The van der Waals surface area contributed by atoms with Crippen LogP contribution in [0.3, 0.4) is 0 Å². The first-order chi connectivity index (χ1) is 15.2. The average molecular weight is 421 g/mol. The highest BCUT2D eigenvalue weighted by molar-refractivity contribution is 5.75. The van der Waals surface area contributed by atoms with Gasteiger partial charge in [-0.15, -0.1) is 0 Å². The van der Waals surface area contributed by atoms with E-state index in [4.69, 9.17) is 0 Å². The number of hydrogen-bond donors (Lipinski definition) is 1. The smallest absolute Gasteiger partial charge is 0.317 e. The summed E-state index contributed by atoms with van der Waals surface area (Å²) in [5, 5.41) is 3.19. The number of likely N-dealkylation sites (tertiary alicyclic amines) is 1. The Hall–Kier alpha value is -2.53. The van der Waals surface area contributed by atoms with E-state index in [0.717, 1.165) is 58.2 Å². The zero-order valence-electron chi connectivity index (χ0n) is 18.7. The lowest BCUT2D eigenvalue weighted by molar-refractivity contribution is 0.162. The third-order valence-corrected chi connectivity index (χ3v) is 6.79. The van der Waals surface area contributed by atoms with Gasteiger partial charge in [0, 0.05) is 44.5 Å². The fourth-order valence-electron chi connectivity index (χ4n) is 4.89. The molecule has 5 heteroatoms. The van der Waals surface area contributed by atoms with Crippen LogP contribution in [0, 0.1) is 5.92 Å². The zero-order valence-corrected chi connectivity index (χ0v) is 18.7. The maximum Gasteiger partial charge on any atom is 0.317 e. The Morgan fingerprint density at radius 1 is 0.935 bits per heavy atom. The highest BCUT2D eigenvalue weighted by atomic mass is 16.2. The molecular weight excluding hydrogens is 384 g/mol. The summed E-state index contributed by atoms with van der Waals surface area (Å²) in [6.45, 7) is 8.86. The fourth-order valence-corrected chi connectivity index (χ4v) is 4.89. The van der Waals surface area contributed by atoms with Crippen molar-refractivity contribution in [3.63, 3.8) is 0 Å². The van der Waals surface area contributed by atoms with Gasteiger partial charge in [0.15, 0.2) is 0 Å². The molecule has 0 saturated carbocycles. The van der Waals surface area contributed by atoms with Crippen LogP contribution in [0.25, 0.3) is 0 Å². The van der Waals surface area contributed by atoms with Gasteiger partial charge in [-0.3, -0.25) is 4.90 Å². The minimum Gasteiger partial charge on any atom is -0.368 e. The predicted octanol–water partition coefficient (Wildman–Crippen LogP) is 4.21. The van der Waals surface area contributed by atoms with Crippen molar-refractivity contribution in [2.75, 3.05) is 44.2 Å².